The average Bonchev–Trinajstić information content (AvgIpc) is 2.88. The maximum atomic E-state index is 12.0. The van der Waals surface area contributed by atoms with Gasteiger partial charge in [-0.05, 0) is 30.2 Å². The van der Waals surface area contributed by atoms with Gasteiger partial charge in [0.1, 0.15) is 5.75 Å². The van der Waals surface area contributed by atoms with Crippen LogP contribution in [0.3, 0.4) is 0 Å². The molecule has 1 aromatic heterocycles. The lowest BCUT2D eigenvalue weighted by atomic mass is 10.1. The van der Waals surface area contributed by atoms with Gasteiger partial charge < -0.3 is 9.72 Å². The zero-order valence-electron chi connectivity index (χ0n) is 12.6. The van der Waals surface area contributed by atoms with Crippen LogP contribution in [-0.2, 0) is 24.8 Å². The quantitative estimate of drug-likeness (QED) is 0.480. The van der Waals surface area contributed by atoms with Crippen molar-refractivity contribution in [3.05, 3.63) is 35.5 Å². The first kappa shape index (κ1) is 16.5. The van der Waals surface area contributed by atoms with E-state index in [9.17, 15) is 13.2 Å². The minimum atomic E-state index is -3.64. The van der Waals surface area contributed by atoms with Crippen molar-refractivity contribution in [2.75, 3.05) is 13.7 Å². The largest absolute Gasteiger partial charge is 0.465 e. The van der Waals surface area contributed by atoms with Crippen LogP contribution in [0.1, 0.15) is 35.7 Å². The molecule has 0 unspecified atom stereocenters. The summed E-state index contributed by atoms with van der Waals surface area (Å²) < 4.78 is 33.6. The van der Waals surface area contributed by atoms with Crippen LogP contribution < -0.4 is 0 Å². The summed E-state index contributed by atoms with van der Waals surface area (Å²) in [5.41, 5.74) is 1.70. The smallest absolute Gasteiger partial charge is 0.337 e. The number of methoxy groups -OCH3 is 1. The molecule has 0 saturated heterocycles. The Morgan fingerprint density at radius 1 is 1.32 bits per heavy atom. The van der Waals surface area contributed by atoms with Crippen molar-refractivity contribution in [1.29, 1.82) is 0 Å². The second-order valence-corrected chi connectivity index (χ2v) is 6.58. The van der Waals surface area contributed by atoms with Crippen molar-refractivity contribution in [3.63, 3.8) is 0 Å². The molecule has 0 saturated carbocycles. The number of carbonyl (C=O) groups is 1. The topological polar surface area (TPSA) is 85.5 Å². The standard InChI is InChI=1S/C15H19NO5S/c1-3-4-7-21-22(18,19)10-12-9-16-14-6-5-11(8-13(12)14)15(17)20-2/h5-6,8-9,16H,3-4,7,10H2,1-2H3. The first-order valence-electron chi connectivity index (χ1n) is 7.02. The van der Waals surface area contributed by atoms with Gasteiger partial charge in [0.2, 0.25) is 0 Å². The molecular weight excluding hydrogens is 306 g/mol. The molecule has 0 aliphatic carbocycles. The maximum absolute atomic E-state index is 12.0. The van der Waals surface area contributed by atoms with E-state index in [-0.39, 0.29) is 12.4 Å². The minimum absolute atomic E-state index is 0.189. The van der Waals surface area contributed by atoms with Crippen molar-refractivity contribution < 1.29 is 22.1 Å². The highest BCUT2D eigenvalue weighted by Gasteiger charge is 2.17. The van der Waals surface area contributed by atoms with E-state index >= 15 is 0 Å². The highest BCUT2D eigenvalue weighted by atomic mass is 32.2. The molecule has 1 N–H and O–H groups in total. The van der Waals surface area contributed by atoms with Gasteiger partial charge in [0.25, 0.3) is 10.1 Å². The fourth-order valence-corrected chi connectivity index (χ4v) is 3.18. The lowest BCUT2D eigenvalue weighted by Gasteiger charge is -2.05. The van der Waals surface area contributed by atoms with E-state index in [0.717, 1.165) is 11.9 Å². The number of H-pyrrole nitrogens is 1. The fourth-order valence-electron chi connectivity index (χ4n) is 2.10. The number of carbonyl (C=O) groups excluding carboxylic acids is 1. The van der Waals surface area contributed by atoms with E-state index in [1.54, 1.807) is 24.4 Å². The molecule has 0 aliphatic heterocycles. The predicted molar refractivity (Wildman–Crippen MR) is 83.1 cm³/mol. The molecule has 0 aliphatic rings. The molecular formula is C15H19NO5S. The monoisotopic (exact) mass is 325 g/mol. The Kier molecular flexibility index (Phi) is 5.20. The van der Waals surface area contributed by atoms with E-state index in [1.807, 2.05) is 6.92 Å². The van der Waals surface area contributed by atoms with E-state index in [2.05, 4.69) is 9.72 Å². The van der Waals surface area contributed by atoms with Gasteiger partial charge in [-0.25, -0.2) is 4.79 Å². The Morgan fingerprint density at radius 3 is 2.77 bits per heavy atom. The van der Waals surface area contributed by atoms with Crippen LogP contribution in [0, 0.1) is 0 Å². The molecule has 0 spiro atoms. The number of aromatic amines is 1. The summed E-state index contributed by atoms with van der Waals surface area (Å²) in [7, 11) is -2.34. The van der Waals surface area contributed by atoms with E-state index in [1.165, 1.54) is 7.11 Å². The van der Waals surface area contributed by atoms with Gasteiger partial charge in [-0.15, -0.1) is 0 Å². The van der Waals surface area contributed by atoms with Gasteiger partial charge in [0.05, 0.1) is 19.3 Å². The number of hydrogen-bond donors (Lipinski definition) is 1. The highest BCUT2D eigenvalue weighted by Crippen LogP contribution is 2.22. The van der Waals surface area contributed by atoms with Crippen molar-refractivity contribution in [2.45, 2.75) is 25.5 Å². The molecule has 0 radical (unpaired) electrons. The van der Waals surface area contributed by atoms with Crippen LogP contribution in [0.4, 0.5) is 0 Å². The van der Waals surface area contributed by atoms with Gasteiger partial charge in [-0.1, -0.05) is 13.3 Å². The second-order valence-electron chi connectivity index (χ2n) is 4.94. The van der Waals surface area contributed by atoms with Gasteiger partial charge in [0.15, 0.2) is 0 Å². The average molecular weight is 325 g/mol. The normalized spacial score (nSPS) is 11.7. The molecule has 1 heterocycles. The predicted octanol–water partition coefficient (Wildman–Crippen LogP) is 2.60. The molecule has 0 atom stereocenters. The number of benzene rings is 1. The van der Waals surface area contributed by atoms with Crippen LogP contribution >= 0.6 is 0 Å². The number of rotatable bonds is 7. The number of esters is 1. The molecule has 0 amide bonds. The van der Waals surface area contributed by atoms with Crippen molar-refractivity contribution in [2.24, 2.45) is 0 Å². The van der Waals surface area contributed by atoms with Crippen LogP contribution in [0.15, 0.2) is 24.4 Å². The third-order valence-electron chi connectivity index (χ3n) is 3.28. The molecule has 2 rings (SSSR count). The molecule has 0 bridgehead atoms. The Hall–Kier alpha value is -1.86. The Balaban J connectivity index is 2.26. The third-order valence-corrected chi connectivity index (χ3v) is 4.47. The zero-order chi connectivity index (χ0) is 16.2. The summed E-state index contributed by atoms with van der Waals surface area (Å²) in [6, 6.07) is 4.96. The van der Waals surface area contributed by atoms with Crippen molar-refractivity contribution >= 4 is 27.0 Å². The number of aromatic nitrogens is 1. The van der Waals surface area contributed by atoms with Crippen LogP contribution in [-0.4, -0.2) is 33.1 Å². The third kappa shape index (κ3) is 3.86. The molecule has 7 heteroatoms. The minimum Gasteiger partial charge on any atom is -0.465 e. The molecule has 0 fully saturated rings. The molecule has 120 valence electrons. The fraction of sp³-hybridized carbons (Fsp3) is 0.400. The molecule has 22 heavy (non-hydrogen) atoms. The number of unbranched alkanes of at least 4 members (excludes halogenated alkanes) is 1. The van der Waals surface area contributed by atoms with Gasteiger partial charge in [0, 0.05) is 17.1 Å². The Morgan fingerprint density at radius 2 is 2.09 bits per heavy atom. The summed E-state index contributed by atoms with van der Waals surface area (Å²) in [4.78, 5) is 14.6. The number of fused-ring (bicyclic) bond motifs is 1. The number of nitrogens with one attached hydrogen (secondary N) is 1. The van der Waals surface area contributed by atoms with Gasteiger partial charge in [-0.2, -0.15) is 8.42 Å². The maximum Gasteiger partial charge on any atom is 0.337 e. The van der Waals surface area contributed by atoms with Crippen LogP contribution in [0.5, 0.6) is 0 Å². The van der Waals surface area contributed by atoms with Gasteiger partial charge >= 0.3 is 5.97 Å². The number of ether oxygens (including phenoxy) is 1. The summed E-state index contributed by atoms with van der Waals surface area (Å²) >= 11 is 0. The van der Waals surface area contributed by atoms with Crippen molar-refractivity contribution in [1.82, 2.24) is 4.98 Å². The molecule has 6 nitrogen and oxygen atoms in total. The van der Waals surface area contributed by atoms with E-state index < -0.39 is 16.1 Å². The summed E-state index contributed by atoms with van der Waals surface area (Å²) in [5, 5.41) is 0.672. The lowest BCUT2D eigenvalue weighted by Crippen LogP contribution is -2.09. The first-order chi connectivity index (χ1) is 10.5. The Bertz CT molecular complexity index is 763. The van der Waals surface area contributed by atoms with Crippen LogP contribution in [0.2, 0.25) is 0 Å². The molecule has 2 aromatic rings. The summed E-state index contributed by atoms with van der Waals surface area (Å²) in [5.74, 6) is -0.697. The number of hydrogen-bond acceptors (Lipinski definition) is 5. The summed E-state index contributed by atoms with van der Waals surface area (Å²) in [6.45, 7) is 2.15. The Labute approximate surface area is 129 Å². The summed E-state index contributed by atoms with van der Waals surface area (Å²) in [6.07, 6.45) is 3.18. The molecule has 1 aromatic carbocycles. The lowest BCUT2D eigenvalue weighted by molar-refractivity contribution is 0.0601. The van der Waals surface area contributed by atoms with E-state index in [0.29, 0.717) is 22.9 Å². The SMILES string of the molecule is CCCCOS(=O)(=O)Cc1c[nH]c2ccc(C(=O)OC)cc12. The zero-order valence-corrected chi connectivity index (χ0v) is 13.4. The highest BCUT2D eigenvalue weighted by molar-refractivity contribution is 7.85. The van der Waals surface area contributed by atoms with Gasteiger partial charge in [-0.3, -0.25) is 4.18 Å². The van der Waals surface area contributed by atoms with Crippen LogP contribution in [0.25, 0.3) is 10.9 Å². The first-order valence-corrected chi connectivity index (χ1v) is 8.60. The second kappa shape index (κ2) is 6.93. The van der Waals surface area contributed by atoms with E-state index in [4.69, 9.17) is 4.18 Å². The van der Waals surface area contributed by atoms with Crippen molar-refractivity contribution in [3.8, 4) is 0 Å².